The molecule has 0 aliphatic rings. The molecule has 0 radical (unpaired) electrons. The van der Waals surface area contributed by atoms with Gasteiger partial charge in [-0.2, -0.15) is 0 Å². The number of benzene rings is 2. The molecule has 1 aromatic heterocycles. The Labute approximate surface area is 158 Å². The summed E-state index contributed by atoms with van der Waals surface area (Å²) in [6, 6.07) is 6.59. The van der Waals surface area contributed by atoms with Gasteiger partial charge in [0.05, 0.1) is 15.6 Å². The fraction of sp³-hybridized carbons (Fsp3) is 0.118. The van der Waals surface area contributed by atoms with Gasteiger partial charge in [0.15, 0.2) is 9.84 Å². The standard InChI is InChI=1S/C17H11Cl2F2NO3S/c1-8-15(10-6-13(20)17(14(21)7-10)26(2,23)24)16(22-25-8)9-3-4-11(18)12(19)5-9/h3-7H,1-2H3. The molecule has 0 spiro atoms. The average molecular weight is 418 g/mol. The summed E-state index contributed by atoms with van der Waals surface area (Å²) in [5, 5.41) is 4.54. The number of aryl methyl sites for hydroxylation is 1. The number of hydrogen-bond acceptors (Lipinski definition) is 4. The molecule has 136 valence electrons. The molecule has 0 N–H and O–H groups in total. The normalized spacial score (nSPS) is 11.8. The Kier molecular flexibility index (Phi) is 4.81. The lowest BCUT2D eigenvalue weighted by molar-refractivity contribution is 0.400. The van der Waals surface area contributed by atoms with Crippen LogP contribution < -0.4 is 0 Å². The predicted octanol–water partition coefficient (Wildman–Crippen LogP) is 5.31. The molecule has 0 saturated carbocycles. The number of sulfone groups is 1. The minimum atomic E-state index is -4.05. The van der Waals surface area contributed by atoms with Crippen molar-refractivity contribution in [2.75, 3.05) is 6.26 Å². The second-order valence-electron chi connectivity index (χ2n) is 5.63. The van der Waals surface area contributed by atoms with E-state index in [2.05, 4.69) is 5.16 Å². The summed E-state index contributed by atoms with van der Waals surface area (Å²) in [6.07, 6.45) is 0.736. The highest BCUT2D eigenvalue weighted by atomic mass is 35.5. The molecule has 0 amide bonds. The third-order valence-electron chi connectivity index (χ3n) is 3.71. The van der Waals surface area contributed by atoms with E-state index >= 15 is 0 Å². The van der Waals surface area contributed by atoms with Gasteiger partial charge in [-0.1, -0.05) is 34.4 Å². The number of nitrogens with zero attached hydrogens (tertiary/aromatic N) is 1. The van der Waals surface area contributed by atoms with Gasteiger partial charge in [0.1, 0.15) is 28.0 Å². The highest BCUT2D eigenvalue weighted by Crippen LogP contribution is 2.38. The molecule has 1 heterocycles. The lowest BCUT2D eigenvalue weighted by atomic mass is 9.99. The van der Waals surface area contributed by atoms with E-state index in [1.54, 1.807) is 25.1 Å². The molecule has 26 heavy (non-hydrogen) atoms. The van der Waals surface area contributed by atoms with Crippen LogP contribution in [0.1, 0.15) is 5.76 Å². The van der Waals surface area contributed by atoms with Gasteiger partial charge in [0.2, 0.25) is 0 Å². The van der Waals surface area contributed by atoms with E-state index in [1.165, 1.54) is 0 Å². The summed E-state index contributed by atoms with van der Waals surface area (Å²) >= 11 is 11.9. The number of hydrogen-bond donors (Lipinski definition) is 0. The van der Waals surface area contributed by atoms with Crippen LogP contribution in [0.25, 0.3) is 22.4 Å². The molecular formula is C17H11Cl2F2NO3S. The maximum absolute atomic E-state index is 14.3. The zero-order valence-corrected chi connectivity index (χ0v) is 15.8. The summed E-state index contributed by atoms with van der Waals surface area (Å²) in [5.74, 6) is -2.08. The largest absolute Gasteiger partial charge is 0.360 e. The van der Waals surface area contributed by atoms with Crippen LogP contribution in [-0.2, 0) is 9.84 Å². The highest BCUT2D eigenvalue weighted by molar-refractivity contribution is 7.90. The monoisotopic (exact) mass is 417 g/mol. The van der Waals surface area contributed by atoms with Gasteiger partial charge in [-0.05, 0) is 36.8 Å². The lowest BCUT2D eigenvalue weighted by Crippen LogP contribution is -2.05. The Morgan fingerprint density at radius 2 is 1.62 bits per heavy atom. The van der Waals surface area contributed by atoms with Crippen LogP contribution in [0.2, 0.25) is 10.0 Å². The van der Waals surface area contributed by atoms with Gasteiger partial charge in [-0.3, -0.25) is 0 Å². The third kappa shape index (κ3) is 3.34. The highest BCUT2D eigenvalue weighted by Gasteiger charge is 2.24. The Hall–Kier alpha value is -1.96. The van der Waals surface area contributed by atoms with Crippen LogP contribution >= 0.6 is 23.2 Å². The first kappa shape index (κ1) is 18.8. The molecule has 2 aromatic carbocycles. The van der Waals surface area contributed by atoms with Crippen molar-refractivity contribution in [2.45, 2.75) is 11.8 Å². The van der Waals surface area contributed by atoms with Crippen LogP contribution in [0, 0.1) is 18.6 Å². The van der Waals surface area contributed by atoms with Gasteiger partial charge in [-0.15, -0.1) is 0 Å². The molecule has 9 heteroatoms. The van der Waals surface area contributed by atoms with Crippen LogP contribution in [0.5, 0.6) is 0 Å². The van der Waals surface area contributed by atoms with Crippen LogP contribution in [0.4, 0.5) is 8.78 Å². The summed E-state index contributed by atoms with van der Waals surface area (Å²) in [5.41, 5.74) is 1.24. The zero-order chi connectivity index (χ0) is 19.2. The van der Waals surface area contributed by atoms with Crippen molar-refractivity contribution in [3.8, 4) is 22.4 Å². The topological polar surface area (TPSA) is 60.2 Å². The average Bonchev–Trinajstić information content (AvgIpc) is 2.89. The van der Waals surface area contributed by atoms with Crippen molar-refractivity contribution in [1.82, 2.24) is 5.16 Å². The smallest absolute Gasteiger partial charge is 0.181 e. The van der Waals surface area contributed by atoms with Crippen molar-refractivity contribution in [2.24, 2.45) is 0 Å². The quantitative estimate of drug-likeness (QED) is 0.579. The zero-order valence-electron chi connectivity index (χ0n) is 13.5. The maximum atomic E-state index is 14.3. The first-order chi connectivity index (χ1) is 12.1. The molecule has 0 unspecified atom stereocenters. The van der Waals surface area contributed by atoms with E-state index in [9.17, 15) is 17.2 Å². The van der Waals surface area contributed by atoms with Gasteiger partial charge in [0, 0.05) is 11.8 Å². The summed E-state index contributed by atoms with van der Waals surface area (Å²) in [4.78, 5) is -0.980. The third-order valence-corrected chi connectivity index (χ3v) is 5.58. The second-order valence-corrected chi connectivity index (χ2v) is 8.40. The van der Waals surface area contributed by atoms with E-state index in [1.807, 2.05) is 0 Å². The van der Waals surface area contributed by atoms with E-state index in [-0.39, 0.29) is 10.6 Å². The fourth-order valence-electron chi connectivity index (χ4n) is 2.61. The number of rotatable bonds is 3. The Morgan fingerprint density at radius 1 is 1.00 bits per heavy atom. The summed E-state index contributed by atoms with van der Waals surface area (Å²) in [6.45, 7) is 1.57. The minimum absolute atomic E-state index is 0.0900. The predicted molar refractivity (Wildman–Crippen MR) is 95.2 cm³/mol. The second kappa shape index (κ2) is 6.64. The van der Waals surface area contributed by atoms with Gasteiger partial charge in [0.25, 0.3) is 0 Å². The molecule has 0 aliphatic heterocycles. The molecule has 0 fully saturated rings. The van der Waals surface area contributed by atoms with Crippen LogP contribution in [-0.4, -0.2) is 19.8 Å². The number of aromatic nitrogens is 1. The van der Waals surface area contributed by atoms with E-state index < -0.39 is 26.4 Å². The Morgan fingerprint density at radius 3 is 2.15 bits per heavy atom. The van der Waals surface area contributed by atoms with E-state index in [0.717, 1.165) is 18.4 Å². The van der Waals surface area contributed by atoms with Crippen molar-refractivity contribution in [1.29, 1.82) is 0 Å². The first-order valence-electron chi connectivity index (χ1n) is 7.20. The first-order valence-corrected chi connectivity index (χ1v) is 9.85. The summed E-state index contributed by atoms with van der Waals surface area (Å²) < 4.78 is 56.8. The molecule has 0 saturated heterocycles. The molecule has 0 atom stereocenters. The maximum Gasteiger partial charge on any atom is 0.181 e. The lowest BCUT2D eigenvalue weighted by Gasteiger charge is -2.08. The molecule has 3 rings (SSSR count). The Bertz CT molecular complexity index is 1100. The van der Waals surface area contributed by atoms with Crippen LogP contribution in [0.3, 0.4) is 0 Å². The SMILES string of the molecule is Cc1onc(-c2ccc(Cl)c(Cl)c2)c1-c1cc(F)c(S(C)(=O)=O)c(F)c1. The summed E-state index contributed by atoms with van der Waals surface area (Å²) in [7, 11) is -4.05. The van der Waals surface area contributed by atoms with E-state index in [0.29, 0.717) is 27.6 Å². The number of halogens is 4. The minimum Gasteiger partial charge on any atom is -0.360 e. The van der Waals surface area contributed by atoms with Crippen molar-refractivity contribution in [3.63, 3.8) is 0 Å². The van der Waals surface area contributed by atoms with Crippen LogP contribution in [0.15, 0.2) is 39.8 Å². The molecule has 4 nitrogen and oxygen atoms in total. The van der Waals surface area contributed by atoms with Gasteiger partial charge >= 0.3 is 0 Å². The van der Waals surface area contributed by atoms with E-state index in [4.69, 9.17) is 27.7 Å². The molecule has 0 aliphatic carbocycles. The molecule has 3 aromatic rings. The molecule has 0 bridgehead atoms. The molecular weight excluding hydrogens is 407 g/mol. The Balaban J connectivity index is 2.23. The van der Waals surface area contributed by atoms with Gasteiger partial charge < -0.3 is 4.52 Å². The van der Waals surface area contributed by atoms with Crippen molar-refractivity contribution >= 4 is 33.0 Å². The van der Waals surface area contributed by atoms with Gasteiger partial charge in [-0.25, -0.2) is 17.2 Å². The fourth-order valence-corrected chi connectivity index (χ4v) is 3.74. The van der Waals surface area contributed by atoms with Crippen molar-refractivity contribution in [3.05, 3.63) is 57.8 Å². The van der Waals surface area contributed by atoms with Crippen molar-refractivity contribution < 1.29 is 21.7 Å².